The van der Waals surface area contributed by atoms with Crippen LogP contribution in [0.5, 0.6) is 0 Å². The van der Waals surface area contributed by atoms with Crippen molar-refractivity contribution in [2.75, 3.05) is 13.2 Å². The number of ether oxygens (including phenoxy) is 1. The largest absolute Gasteiger partial charge is 0.381 e. The Labute approximate surface area is 98.7 Å². The number of thiophene rings is 1. The zero-order valence-corrected chi connectivity index (χ0v) is 11.0. The van der Waals surface area contributed by atoms with Crippen LogP contribution in [0.3, 0.4) is 0 Å². The zero-order valence-electron chi connectivity index (χ0n) is 7.00. The van der Waals surface area contributed by atoms with Gasteiger partial charge in [0.25, 0.3) is 0 Å². The Hall–Kier alpha value is 0.620. The molecule has 0 amide bonds. The van der Waals surface area contributed by atoms with Crippen LogP contribution in [0.25, 0.3) is 0 Å². The standard InChI is InChI=1S/C9H10Br2OS/c10-8-2-1-7(13-8)9(11)6-3-4-12-5-6/h1-2,6,9H,3-5H2. The molecule has 2 rings (SSSR count). The summed E-state index contributed by atoms with van der Waals surface area (Å²) < 4.78 is 6.57. The van der Waals surface area contributed by atoms with E-state index in [1.165, 1.54) is 15.1 Å². The molecule has 72 valence electrons. The molecule has 1 aliphatic heterocycles. The van der Waals surface area contributed by atoms with Crippen molar-refractivity contribution in [2.24, 2.45) is 5.92 Å². The third kappa shape index (κ3) is 2.35. The van der Waals surface area contributed by atoms with Gasteiger partial charge in [-0.05, 0) is 34.5 Å². The quantitative estimate of drug-likeness (QED) is 0.747. The molecule has 13 heavy (non-hydrogen) atoms. The van der Waals surface area contributed by atoms with Crippen LogP contribution < -0.4 is 0 Å². The summed E-state index contributed by atoms with van der Waals surface area (Å²) in [5.74, 6) is 0.644. The van der Waals surface area contributed by atoms with E-state index in [-0.39, 0.29) is 0 Å². The second-order valence-electron chi connectivity index (χ2n) is 3.17. The summed E-state index contributed by atoms with van der Waals surface area (Å²) in [6.07, 6.45) is 1.17. The van der Waals surface area contributed by atoms with Crippen molar-refractivity contribution >= 4 is 43.2 Å². The van der Waals surface area contributed by atoms with E-state index >= 15 is 0 Å². The fourth-order valence-corrected chi connectivity index (χ4v) is 3.84. The highest BCUT2D eigenvalue weighted by atomic mass is 79.9. The van der Waals surface area contributed by atoms with Gasteiger partial charge in [-0.1, -0.05) is 15.9 Å². The second kappa shape index (κ2) is 4.43. The molecule has 0 radical (unpaired) electrons. The predicted molar refractivity (Wildman–Crippen MR) is 62.6 cm³/mol. The Morgan fingerprint density at radius 2 is 2.38 bits per heavy atom. The number of halogens is 2. The Morgan fingerprint density at radius 1 is 1.54 bits per heavy atom. The monoisotopic (exact) mass is 324 g/mol. The molecule has 0 aliphatic carbocycles. The van der Waals surface area contributed by atoms with E-state index in [4.69, 9.17) is 4.74 Å². The lowest BCUT2D eigenvalue weighted by molar-refractivity contribution is 0.186. The molecule has 2 heterocycles. The van der Waals surface area contributed by atoms with Gasteiger partial charge in [-0.3, -0.25) is 0 Å². The summed E-state index contributed by atoms with van der Waals surface area (Å²) in [5, 5.41) is 0. The third-order valence-corrected chi connectivity index (χ3v) is 5.50. The second-order valence-corrected chi connectivity index (χ2v) is 6.65. The molecule has 1 aromatic rings. The molecule has 0 aromatic carbocycles. The molecule has 0 N–H and O–H groups in total. The summed E-state index contributed by atoms with van der Waals surface area (Å²) in [7, 11) is 0. The van der Waals surface area contributed by atoms with Crippen LogP contribution in [0.1, 0.15) is 16.1 Å². The molecule has 1 saturated heterocycles. The van der Waals surface area contributed by atoms with Gasteiger partial charge in [0.15, 0.2) is 0 Å². The Balaban J connectivity index is 2.07. The van der Waals surface area contributed by atoms with E-state index in [0.717, 1.165) is 13.2 Å². The summed E-state index contributed by atoms with van der Waals surface area (Å²) in [4.78, 5) is 1.86. The average molecular weight is 326 g/mol. The van der Waals surface area contributed by atoms with Gasteiger partial charge in [-0.2, -0.15) is 0 Å². The van der Waals surface area contributed by atoms with Crippen molar-refractivity contribution in [3.63, 3.8) is 0 Å². The first kappa shape index (κ1) is 10.1. The lowest BCUT2D eigenvalue weighted by Crippen LogP contribution is -2.05. The summed E-state index contributed by atoms with van der Waals surface area (Å²) in [5.41, 5.74) is 0. The van der Waals surface area contributed by atoms with Crippen LogP contribution in [0, 0.1) is 5.92 Å². The van der Waals surface area contributed by atoms with Crippen molar-refractivity contribution in [2.45, 2.75) is 11.2 Å². The molecular formula is C9H10Br2OS. The van der Waals surface area contributed by atoms with Crippen molar-refractivity contribution in [3.05, 3.63) is 20.8 Å². The normalized spacial score (nSPS) is 24.9. The maximum Gasteiger partial charge on any atom is 0.0701 e. The molecule has 0 spiro atoms. The number of alkyl halides is 1. The van der Waals surface area contributed by atoms with Crippen molar-refractivity contribution in [1.82, 2.24) is 0 Å². The van der Waals surface area contributed by atoms with E-state index < -0.39 is 0 Å². The first-order valence-electron chi connectivity index (χ1n) is 4.24. The topological polar surface area (TPSA) is 9.23 Å². The van der Waals surface area contributed by atoms with E-state index in [1.54, 1.807) is 11.3 Å². The van der Waals surface area contributed by atoms with Crippen molar-refractivity contribution < 1.29 is 4.74 Å². The fraction of sp³-hybridized carbons (Fsp3) is 0.556. The van der Waals surface area contributed by atoms with Crippen LogP contribution in [0.4, 0.5) is 0 Å². The minimum absolute atomic E-state index is 0.464. The number of hydrogen-bond acceptors (Lipinski definition) is 2. The van der Waals surface area contributed by atoms with E-state index in [1.807, 2.05) is 0 Å². The molecule has 4 heteroatoms. The molecule has 0 bridgehead atoms. The van der Waals surface area contributed by atoms with Crippen molar-refractivity contribution in [3.8, 4) is 0 Å². The molecule has 1 nitrogen and oxygen atoms in total. The number of hydrogen-bond donors (Lipinski definition) is 0. The van der Waals surface area contributed by atoms with Gasteiger partial charge in [0.2, 0.25) is 0 Å². The highest BCUT2D eigenvalue weighted by Crippen LogP contribution is 2.40. The van der Waals surface area contributed by atoms with Crippen LogP contribution in [0.15, 0.2) is 15.9 Å². The van der Waals surface area contributed by atoms with E-state index in [9.17, 15) is 0 Å². The van der Waals surface area contributed by atoms with Gasteiger partial charge in [0.05, 0.1) is 15.2 Å². The molecule has 1 fully saturated rings. The number of rotatable bonds is 2. The van der Waals surface area contributed by atoms with Crippen molar-refractivity contribution in [1.29, 1.82) is 0 Å². The van der Waals surface area contributed by atoms with Crippen LogP contribution >= 0.6 is 43.2 Å². The molecular weight excluding hydrogens is 316 g/mol. The average Bonchev–Trinajstić information content (AvgIpc) is 2.72. The summed E-state index contributed by atoms with van der Waals surface area (Å²) in [6, 6.07) is 4.27. The highest BCUT2D eigenvalue weighted by Gasteiger charge is 2.25. The van der Waals surface area contributed by atoms with E-state index in [0.29, 0.717) is 10.7 Å². The Bertz CT molecular complexity index is 281. The minimum Gasteiger partial charge on any atom is -0.381 e. The minimum atomic E-state index is 0.464. The van der Waals surface area contributed by atoms with Gasteiger partial charge in [-0.25, -0.2) is 0 Å². The predicted octanol–water partition coefficient (Wildman–Crippen LogP) is 3.98. The Kier molecular flexibility index (Phi) is 3.46. The SMILES string of the molecule is Brc1ccc(C(Br)C2CCOC2)s1. The smallest absolute Gasteiger partial charge is 0.0701 e. The summed E-state index contributed by atoms with van der Waals surface area (Å²) in [6.45, 7) is 1.81. The van der Waals surface area contributed by atoms with Gasteiger partial charge >= 0.3 is 0 Å². The van der Waals surface area contributed by atoms with Crippen LogP contribution in [-0.2, 0) is 4.74 Å². The fourth-order valence-electron chi connectivity index (χ4n) is 1.49. The van der Waals surface area contributed by atoms with E-state index in [2.05, 4.69) is 44.0 Å². The zero-order chi connectivity index (χ0) is 9.26. The van der Waals surface area contributed by atoms with Gasteiger partial charge in [0.1, 0.15) is 0 Å². The van der Waals surface area contributed by atoms with Crippen LogP contribution in [-0.4, -0.2) is 13.2 Å². The maximum atomic E-state index is 5.37. The lowest BCUT2D eigenvalue weighted by Gasteiger charge is -2.13. The van der Waals surface area contributed by atoms with Gasteiger partial charge in [-0.15, -0.1) is 11.3 Å². The molecule has 2 atom stereocenters. The third-order valence-electron chi connectivity index (χ3n) is 2.24. The highest BCUT2D eigenvalue weighted by molar-refractivity contribution is 9.11. The molecule has 2 unspecified atom stereocenters. The Morgan fingerprint density at radius 3 is 2.92 bits per heavy atom. The maximum absolute atomic E-state index is 5.37. The molecule has 0 saturated carbocycles. The first-order valence-corrected chi connectivity index (χ1v) is 6.77. The summed E-state index contributed by atoms with van der Waals surface area (Å²) >= 11 is 9.01. The lowest BCUT2D eigenvalue weighted by atomic mass is 10.0. The van der Waals surface area contributed by atoms with Gasteiger partial charge in [0, 0.05) is 17.4 Å². The molecule has 1 aliphatic rings. The van der Waals surface area contributed by atoms with Crippen LogP contribution in [0.2, 0.25) is 0 Å². The molecule has 1 aromatic heterocycles. The first-order chi connectivity index (χ1) is 6.27. The van der Waals surface area contributed by atoms with Gasteiger partial charge < -0.3 is 4.74 Å².